The molecule has 130 valence electrons. The Morgan fingerprint density at radius 1 is 1.17 bits per heavy atom. The molecule has 4 aliphatic rings. The largest absolute Gasteiger partial charge is 0.299 e. The van der Waals surface area contributed by atoms with Crippen LogP contribution in [0, 0.1) is 16.7 Å². The molecule has 0 unspecified atom stereocenters. The molecule has 4 fully saturated rings. The van der Waals surface area contributed by atoms with E-state index in [2.05, 4.69) is 18.7 Å². The Labute approximate surface area is 139 Å². The van der Waals surface area contributed by atoms with E-state index >= 15 is 0 Å². The summed E-state index contributed by atoms with van der Waals surface area (Å²) in [5.74, 6) is 0.605. The maximum atomic E-state index is 13.1. The van der Waals surface area contributed by atoms with Crippen molar-refractivity contribution in [2.45, 2.75) is 52.0 Å². The molecule has 2 aliphatic heterocycles. The van der Waals surface area contributed by atoms with E-state index in [0.29, 0.717) is 31.5 Å². The summed E-state index contributed by atoms with van der Waals surface area (Å²) in [7, 11) is -3.37. The fourth-order valence-electron chi connectivity index (χ4n) is 5.73. The van der Waals surface area contributed by atoms with E-state index < -0.39 is 15.4 Å². The standard InChI is InChI=1S/C17H28N2O3S/c1-16(2)13-5-6-17(16,15(20)10-13)12-23(21,22)19-9-8-18-7-3-4-14(18)11-19/h13-14H,3-12H2,1-2H3/t13-,14+,17+/m0/s1. The van der Waals surface area contributed by atoms with E-state index in [1.165, 1.54) is 6.42 Å². The van der Waals surface area contributed by atoms with Crippen LogP contribution in [0.25, 0.3) is 0 Å². The Kier molecular flexibility index (Phi) is 3.50. The van der Waals surface area contributed by atoms with Gasteiger partial charge in [-0.05, 0) is 43.6 Å². The number of Topliss-reactive ketones (excluding diaryl/α,β-unsaturated/α-hetero) is 1. The lowest BCUT2D eigenvalue weighted by atomic mass is 9.70. The second kappa shape index (κ2) is 5.02. The maximum Gasteiger partial charge on any atom is 0.215 e. The predicted octanol–water partition coefficient (Wildman–Crippen LogP) is 1.49. The molecule has 5 nitrogen and oxygen atoms in total. The third kappa shape index (κ3) is 2.17. The minimum atomic E-state index is -3.37. The highest BCUT2D eigenvalue weighted by Crippen LogP contribution is 2.64. The van der Waals surface area contributed by atoms with Gasteiger partial charge in [0.15, 0.2) is 0 Å². The molecule has 2 bridgehead atoms. The summed E-state index contributed by atoms with van der Waals surface area (Å²) in [6.45, 7) is 7.38. The zero-order valence-electron chi connectivity index (χ0n) is 14.3. The van der Waals surface area contributed by atoms with Gasteiger partial charge >= 0.3 is 0 Å². The zero-order valence-corrected chi connectivity index (χ0v) is 15.1. The number of nitrogens with zero attached hydrogens (tertiary/aromatic N) is 2. The summed E-state index contributed by atoms with van der Waals surface area (Å²) in [6, 6.07) is 0.389. The van der Waals surface area contributed by atoms with Crippen molar-refractivity contribution in [2.24, 2.45) is 16.7 Å². The topological polar surface area (TPSA) is 57.7 Å². The molecule has 0 aromatic heterocycles. The van der Waals surface area contributed by atoms with Crippen molar-refractivity contribution < 1.29 is 13.2 Å². The number of fused-ring (bicyclic) bond motifs is 3. The molecule has 23 heavy (non-hydrogen) atoms. The highest BCUT2D eigenvalue weighted by atomic mass is 32.2. The van der Waals surface area contributed by atoms with Gasteiger partial charge in [-0.2, -0.15) is 4.31 Å². The SMILES string of the molecule is CC1(C)[C@H]2CC[C@@]1(CS(=O)(=O)N1CCN3CCC[C@@H]3C1)C(=O)C2. The molecule has 0 aromatic rings. The number of ketones is 1. The minimum Gasteiger partial charge on any atom is -0.299 e. The van der Waals surface area contributed by atoms with Gasteiger partial charge in [-0.15, -0.1) is 0 Å². The Bertz CT molecular complexity index is 630. The molecule has 3 atom stereocenters. The van der Waals surface area contributed by atoms with E-state index in [-0.39, 0.29) is 17.0 Å². The first kappa shape index (κ1) is 16.0. The molecule has 0 aromatic carbocycles. The van der Waals surface area contributed by atoms with Gasteiger partial charge in [0.1, 0.15) is 5.78 Å². The third-order valence-electron chi connectivity index (χ3n) is 7.51. The van der Waals surface area contributed by atoms with Gasteiger partial charge in [0.25, 0.3) is 0 Å². The number of hydrogen-bond acceptors (Lipinski definition) is 4. The fourth-order valence-corrected chi connectivity index (χ4v) is 7.97. The molecular formula is C17H28N2O3S. The van der Waals surface area contributed by atoms with E-state index in [4.69, 9.17) is 0 Å². The van der Waals surface area contributed by atoms with Crippen LogP contribution in [0.5, 0.6) is 0 Å². The lowest BCUT2D eigenvalue weighted by Crippen LogP contribution is -2.54. The Morgan fingerprint density at radius 2 is 1.96 bits per heavy atom. The molecule has 0 radical (unpaired) electrons. The second-order valence-electron chi connectivity index (χ2n) is 8.61. The van der Waals surface area contributed by atoms with Crippen molar-refractivity contribution in [3.8, 4) is 0 Å². The zero-order chi connectivity index (χ0) is 16.5. The molecule has 2 saturated heterocycles. The molecule has 0 N–H and O–H groups in total. The van der Waals surface area contributed by atoms with E-state index in [1.54, 1.807) is 4.31 Å². The predicted molar refractivity (Wildman–Crippen MR) is 88.5 cm³/mol. The van der Waals surface area contributed by atoms with Crippen LogP contribution in [0.2, 0.25) is 0 Å². The maximum absolute atomic E-state index is 13.1. The summed E-state index contributed by atoms with van der Waals surface area (Å²) in [4.78, 5) is 15.0. The highest BCUT2D eigenvalue weighted by Gasteiger charge is 2.65. The van der Waals surface area contributed by atoms with Crippen molar-refractivity contribution in [3.63, 3.8) is 0 Å². The Morgan fingerprint density at radius 3 is 2.61 bits per heavy atom. The first-order chi connectivity index (χ1) is 10.8. The van der Waals surface area contributed by atoms with Gasteiger partial charge in [0.2, 0.25) is 10.0 Å². The molecule has 4 rings (SSSR count). The van der Waals surface area contributed by atoms with E-state index in [0.717, 1.165) is 32.4 Å². The van der Waals surface area contributed by atoms with Crippen molar-refractivity contribution >= 4 is 15.8 Å². The molecule has 2 heterocycles. The Balaban J connectivity index is 1.57. The summed E-state index contributed by atoms with van der Waals surface area (Å²) >= 11 is 0. The lowest BCUT2D eigenvalue weighted by molar-refractivity contribution is -0.128. The normalized spacial score (nSPS) is 40.7. The van der Waals surface area contributed by atoms with Crippen LogP contribution in [0.3, 0.4) is 0 Å². The minimum absolute atomic E-state index is 0.0368. The fraction of sp³-hybridized carbons (Fsp3) is 0.941. The van der Waals surface area contributed by atoms with E-state index in [1.807, 2.05) is 0 Å². The highest BCUT2D eigenvalue weighted by molar-refractivity contribution is 7.89. The van der Waals surface area contributed by atoms with Crippen molar-refractivity contribution in [2.75, 3.05) is 31.9 Å². The molecule has 0 spiro atoms. The molecule has 2 saturated carbocycles. The van der Waals surface area contributed by atoms with Crippen LogP contribution in [-0.4, -0.2) is 61.4 Å². The van der Waals surface area contributed by atoms with Crippen molar-refractivity contribution in [3.05, 3.63) is 0 Å². The number of piperazine rings is 1. The number of carbonyl (C=O) groups excluding carboxylic acids is 1. The quantitative estimate of drug-likeness (QED) is 0.781. The number of hydrogen-bond donors (Lipinski definition) is 0. The van der Waals surface area contributed by atoms with Crippen LogP contribution in [0.4, 0.5) is 0 Å². The van der Waals surface area contributed by atoms with Gasteiger partial charge in [0.05, 0.1) is 5.75 Å². The third-order valence-corrected chi connectivity index (χ3v) is 9.49. The van der Waals surface area contributed by atoms with Crippen LogP contribution in [0.15, 0.2) is 0 Å². The molecule has 2 aliphatic carbocycles. The average molecular weight is 340 g/mol. The summed E-state index contributed by atoms with van der Waals surface area (Å²) in [5, 5.41) is 0. The number of sulfonamides is 1. The summed E-state index contributed by atoms with van der Waals surface area (Å²) in [6.07, 6.45) is 4.62. The summed E-state index contributed by atoms with van der Waals surface area (Å²) in [5.41, 5.74) is -0.810. The first-order valence-electron chi connectivity index (χ1n) is 9.01. The van der Waals surface area contributed by atoms with Gasteiger partial charge in [0, 0.05) is 37.5 Å². The van der Waals surface area contributed by atoms with Crippen LogP contribution in [-0.2, 0) is 14.8 Å². The van der Waals surface area contributed by atoms with E-state index in [9.17, 15) is 13.2 Å². The smallest absolute Gasteiger partial charge is 0.215 e. The van der Waals surface area contributed by atoms with Gasteiger partial charge in [-0.25, -0.2) is 8.42 Å². The average Bonchev–Trinajstić information content (AvgIpc) is 3.08. The second-order valence-corrected chi connectivity index (χ2v) is 10.6. The number of carbonyl (C=O) groups is 1. The summed E-state index contributed by atoms with van der Waals surface area (Å²) < 4.78 is 27.9. The van der Waals surface area contributed by atoms with Crippen LogP contribution >= 0.6 is 0 Å². The van der Waals surface area contributed by atoms with Crippen molar-refractivity contribution in [1.29, 1.82) is 0 Å². The van der Waals surface area contributed by atoms with Gasteiger partial charge in [-0.3, -0.25) is 9.69 Å². The number of rotatable bonds is 3. The monoisotopic (exact) mass is 340 g/mol. The first-order valence-corrected chi connectivity index (χ1v) is 10.6. The van der Waals surface area contributed by atoms with Crippen molar-refractivity contribution in [1.82, 2.24) is 9.21 Å². The molecule has 6 heteroatoms. The van der Waals surface area contributed by atoms with Crippen LogP contribution in [0.1, 0.15) is 46.0 Å². The van der Waals surface area contributed by atoms with Gasteiger partial charge < -0.3 is 0 Å². The van der Waals surface area contributed by atoms with Crippen LogP contribution < -0.4 is 0 Å². The lowest BCUT2D eigenvalue weighted by Gasteiger charge is -2.41. The Hall–Kier alpha value is -0.460. The van der Waals surface area contributed by atoms with Gasteiger partial charge in [-0.1, -0.05) is 13.8 Å². The molecule has 0 amide bonds. The molecular weight excluding hydrogens is 312 g/mol.